The van der Waals surface area contributed by atoms with Crippen molar-refractivity contribution >= 4 is 17.7 Å². The van der Waals surface area contributed by atoms with Gasteiger partial charge in [0.1, 0.15) is 11.6 Å². The number of benzene rings is 1. The van der Waals surface area contributed by atoms with Crippen molar-refractivity contribution in [2.24, 2.45) is 0 Å². The maximum Gasteiger partial charge on any atom is 0.230 e. The van der Waals surface area contributed by atoms with Gasteiger partial charge in [0.05, 0.1) is 18.4 Å². The summed E-state index contributed by atoms with van der Waals surface area (Å²) in [6.45, 7) is 4.50. The van der Waals surface area contributed by atoms with Crippen LogP contribution in [0.15, 0.2) is 41.6 Å². The van der Waals surface area contributed by atoms with Crippen molar-refractivity contribution in [1.82, 2.24) is 15.3 Å². The molecule has 2 N–H and O–H groups in total. The summed E-state index contributed by atoms with van der Waals surface area (Å²) >= 11 is 1.50. The van der Waals surface area contributed by atoms with Gasteiger partial charge in [0.15, 0.2) is 0 Å². The Morgan fingerprint density at radius 1 is 1.43 bits per heavy atom. The molecule has 0 aliphatic rings. The second-order valence-corrected chi connectivity index (χ2v) is 5.51. The molecule has 2 aromatic rings. The molecule has 0 fully saturated rings. The average Bonchev–Trinajstić information content (AvgIpc) is 3.01. The summed E-state index contributed by atoms with van der Waals surface area (Å²) in [4.78, 5) is 20.0. The van der Waals surface area contributed by atoms with Gasteiger partial charge in [0, 0.05) is 17.3 Å². The molecule has 21 heavy (non-hydrogen) atoms. The van der Waals surface area contributed by atoms with Crippen molar-refractivity contribution in [3.05, 3.63) is 42.5 Å². The Balaban J connectivity index is 1.78. The van der Waals surface area contributed by atoms with Crippen LogP contribution in [0.2, 0.25) is 0 Å². The standard InChI is InChI=1S/C15H19N3O2S/c1-3-20-12-4-6-13(7-5-12)21-10-14(19)18-11(2)15-16-8-9-17-15/h4-9,11H,3,10H2,1-2H3,(H,16,17)(H,18,19). The predicted molar refractivity (Wildman–Crippen MR) is 83.5 cm³/mol. The van der Waals surface area contributed by atoms with Crippen LogP contribution in [0.1, 0.15) is 25.7 Å². The zero-order valence-corrected chi connectivity index (χ0v) is 12.9. The fraction of sp³-hybridized carbons (Fsp3) is 0.333. The highest BCUT2D eigenvalue weighted by atomic mass is 32.2. The first-order chi connectivity index (χ1) is 10.2. The zero-order valence-electron chi connectivity index (χ0n) is 12.1. The van der Waals surface area contributed by atoms with Gasteiger partial charge in [-0.1, -0.05) is 0 Å². The molecule has 0 bridgehead atoms. The third-order valence-corrected chi connectivity index (χ3v) is 3.82. The van der Waals surface area contributed by atoms with Crippen molar-refractivity contribution in [3.8, 4) is 5.75 Å². The number of nitrogens with one attached hydrogen (secondary N) is 2. The molecule has 1 heterocycles. The van der Waals surface area contributed by atoms with Crippen molar-refractivity contribution in [2.75, 3.05) is 12.4 Å². The molecule has 1 aromatic heterocycles. The summed E-state index contributed by atoms with van der Waals surface area (Å²) in [6.07, 6.45) is 3.42. The monoisotopic (exact) mass is 305 g/mol. The van der Waals surface area contributed by atoms with E-state index in [1.54, 1.807) is 12.4 Å². The number of imidazole rings is 1. The fourth-order valence-electron chi connectivity index (χ4n) is 1.81. The minimum atomic E-state index is -0.117. The lowest BCUT2D eigenvalue weighted by molar-refractivity contribution is -0.119. The smallest absolute Gasteiger partial charge is 0.230 e. The Kier molecular flexibility index (Phi) is 5.68. The Hall–Kier alpha value is -1.95. The van der Waals surface area contributed by atoms with Crippen LogP contribution in [-0.2, 0) is 4.79 Å². The quantitative estimate of drug-likeness (QED) is 0.772. The molecule has 0 saturated heterocycles. The van der Waals surface area contributed by atoms with E-state index in [4.69, 9.17) is 4.74 Å². The number of hydrogen-bond acceptors (Lipinski definition) is 4. The fourth-order valence-corrected chi connectivity index (χ4v) is 2.52. The number of rotatable bonds is 7. The van der Waals surface area contributed by atoms with E-state index in [0.717, 1.165) is 16.5 Å². The van der Waals surface area contributed by atoms with E-state index in [1.165, 1.54) is 11.8 Å². The van der Waals surface area contributed by atoms with Crippen LogP contribution >= 0.6 is 11.8 Å². The molecule has 1 amide bonds. The summed E-state index contributed by atoms with van der Waals surface area (Å²) in [5.74, 6) is 1.96. The minimum Gasteiger partial charge on any atom is -0.494 e. The van der Waals surface area contributed by atoms with E-state index >= 15 is 0 Å². The van der Waals surface area contributed by atoms with Crippen molar-refractivity contribution in [2.45, 2.75) is 24.8 Å². The van der Waals surface area contributed by atoms with Gasteiger partial charge in [-0.05, 0) is 38.1 Å². The van der Waals surface area contributed by atoms with E-state index in [2.05, 4.69) is 15.3 Å². The van der Waals surface area contributed by atoms with Crippen LogP contribution in [-0.4, -0.2) is 28.2 Å². The topological polar surface area (TPSA) is 67.0 Å². The molecule has 1 unspecified atom stereocenters. The van der Waals surface area contributed by atoms with Crippen LogP contribution < -0.4 is 10.1 Å². The lowest BCUT2D eigenvalue weighted by atomic mass is 10.3. The van der Waals surface area contributed by atoms with Gasteiger partial charge in [-0.3, -0.25) is 4.79 Å². The summed E-state index contributed by atoms with van der Waals surface area (Å²) in [6, 6.07) is 7.62. The van der Waals surface area contributed by atoms with Gasteiger partial charge in [-0.2, -0.15) is 0 Å². The molecule has 6 heteroatoms. The van der Waals surface area contributed by atoms with Gasteiger partial charge >= 0.3 is 0 Å². The first kappa shape index (κ1) is 15.4. The van der Waals surface area contributed by atoms with Crippen LogP contribution in [0, 0.1) is 0 Å². The molecule has 112 valence electrons. The SMILES string of the molecule is CCOc1ccc(SCC(=O)NC(C)c2ncc[nH]2)cc1. The highest BCUT2D eigenvalue weighted by Crippen LogP contribution is 2.21. The summed E-state index contributed by atoms with van der Waals surface area (Å²) in [7, 11) is 0. The second-order valence-electron chi connectivity index (χ2n) is 4.46. The van der Waals surface area contributed by atoms with Crippen LogP contribution in [0.25, 0.3) is 0 Å². The number of carbonyl (C=O) groups excluding carboxylic acids is 1. The summed E-state index contributed by atoms with van der Waals surface area (Å²) in [5.41, 5.74) is 0. The number of aromatic amines is 1. The van der Waals surface area contributed by atoms with Gasteiger partial charge in [0.2, 0.25) is 5.91 Å². The molecule has 0 aliphatic heterocycles. The Morgan fingerprint density at radius 3 is 2.81 bits per heavy atom. The normalized spacial score (nSPS) is 11.9. The van der Waals surface area contributed by atoms with Crippen LogP contribution in [0.5, 0.6) is 5.75 Å². The zero-order chi connectivity index (χ0) is 15.1. The van der Waals surface area contributed by atoms with Crippen molar-refractivity contribution in [1.29, 1.82) is 0 Å². The first-order valence-electron chi connectivity index (χ1n) is 6.83. The largest absolute Gasteiger partial charge is 0.494 e. The number of aromatic nitrogens is 2. The van der Waals surface area contributed by atoms with Gasteiger partial charge < -0.3 is 15.0 Å². The molecule has 0 radical (unpaired) electrons. The lowest BCUT2D eigenvalue weighted by Crippen LogP contribution is -2.28. The Bertz CT molecular complexity index is 555. The lowest BCUT2D eigenvalue weighted by Gasteiger charge is -2.11. The summed E-state index contributed by atoms with van der Waals surface area (Å²) in [5, 5.41) is 2.91. The van der Waals surface area contributed by atoms with Crippen LogP contribution in [0.4, 0.5) is 0 Å². The molecule has 1 atom stereocenters. The maximum absolute atomic E-state index is 11.9. The highest BCUT2D eigenvalue weighted by Gasteiger charge is 2.11. The average molecular weight is 305 g/mol. The maximum atomic E-state index is 11.9. The van der Waals surface area contributed by atoms with E-state index in [0.29, 0.717) is 12.4 Å². The number of amides is 1. The predicted octanol–water partition coefficient (Wildman–Crippen LogP) is 2.78. The molecule has 2 rings (SSSR count). The molecule has 0 spiro atoms. The Morgan fingerprint density at radius 2 is 2.19 bits per heavy atom. The second kappa shape index (κ2) is 7.73. The van der Waals surface area contributed by atoms with E-state index in [1.807, 2.05) is 38.1 Å². The van der Waals surface area contributed by atoms with E-state index in [-0.39, 0.29) is 11.9 Å². The van der Waals surface area contributed by atoms with E-state index in [9.17, 15) is 4.79 Å². The van der Waals surface area contributed by atoms with E-state index < -0.39 is 0 Å². The number of nitrogens with zero attached hydrogens (tertiary/aromatic N) is 1. The Labute approximate surface area is 128 Å². The molecule has 1 aromatic carbocycles. The number of carbonyl (C=O) groups is 1. The molecule has 0 saturated carbocycles. The number of H-pyrrole nitrogens is 1. The molecule has 0 aliphatic carbocycles. The number of thioether (sulfide) groups is 1. The highest BCUT2D eigenvalue weighted by molar-refractivity contribution is 8.00. The van der Waals surface area contributed by atoms with Crippen LogP contribution in [0.3, 0.4) is 0 Å². The number of hydrogen-bond donors (Lipinski definition) is 2. The van der Waals surface area contributed by atoms with Crippen molar-refractivity contribution in [3.63, 3.8) is 0 Å². The molecule has 5 nitrogen and oxygen atoms in total. The first-order valence-corrected chi connectivity index (χ1v) is 7.82. The van der Waals surface area contributed by atoms with Crippen molar-refractivity contribution < 1.29 is 9.53 Å². The molecular formula is C15H19N3O2S. The van der Waals surface area contributed by atoms with Gasteiger partial charge in [-0.15, -0.1) is 11.8 Å². The third-order valence-electron chi connectivity index (χ3n) is 2.81. The third kappa shape index (κ3) is 4.82. The summed E-state index contributed by atoms with van der Waals surface area (Å²) < 4.78 is 5.38. The molecular weight excluding hydrogens is 286 g/mol. The van der Waals surface area contributed by atoms with Gasteiger partial charge in [0.25, 0.3) is 0 Å². The van der Waals surface area contributed by atoms with Gasteiger partial charge in [-0.25, -0.2) is 4.98 Å². The minimum absolute atomic E-state index is 0.0159. The number of ether oxygens (including phenoxy) is 1.